The predicted molar refractivity (Wildman–Crippen MR) is 90.1 cm³/mol. The maximum Gasteiger partial charge on any atom is 0.0738 e. The molecule has 0 spiro atoms. The first-order valence-corrected chi connectivity index (χ1v) is 8.13. The van der Waals surface area contributed by atoms with Gasteiger partial charge in [0.25, 0.3) is 0 Å². The van der Waals surface area contributed by atoms with Crippen LogP contribution in [-0.4, -0.2) is 0 Å². The Labute approximate surface area is 134 Å². The summed E-state index contributed by atoms with van der Waals surface area (Å²) in [5.41, 5.74) is 5.00. The topological polar surface area (TPSA) is 38.0 Å². The summed E-state index contributed by atoms with van der Waals surface area (Å²) in [6, 6.07) is 14.1. The van der Waals surface area contributed by atoms with Gasteiger partial charge in [-0.1, -0.05) is 51.8 Å². The van der Waals surface area contributed by atoms with E-state index in [4.69, 9.17) is 17.4 Å². The highest BCUT2D eigenvalue weighted by Gasteiger charge is 2.18. The van der Waals surface area contributed by atoms with Crippen LogP contribution < -0.4 is 11.3 Å². The Morgan fingerprint density at radius 1 is 1.15 bits per heavy atom. The molecule has 102 valence electrons. The van der Waals surface area contributed by atoms with Crippen molar-refractivity contribution in [3.8, 4) is 0 Å². The first-order valence-electron chi connectivity index (χ1n) is 6.08. The summed E-state index contributed by atoms with van der Waals surface area (Å²) in [5, 5.41) is 4.00. The molecular weight excluding hydrogens is 356 g/mol. The van der Waals surface area contributed by atoms with Crippen LogP contribution in [0.1, 0.15) is 17.2 Å². The molecule has 2 aromatic carbocycles. The molecule has 0 amide bonds. The Hall–Kier alpha value is -0.910. The minimum absolute atomic E-state index is 0.127. The Balaban J connectivity index is 2.16. The fourth-order valence-electron chi connectivity index (χ4n) is 2.33. The normalized spacial score (nSPS) is 12.8. The van der Waals surface area contributed by atoms with Crippen LogP contribution in [0.4, 0.5) is 0 Å². The number of nitrogens with two attached hydrogens (primary N) is 1. The molecule has 20 heavy (non-hydrogen) atoms. The highest BCUT2D eigenvalue weighted by Crippen LogP contribution is 2.35. The number of rotatable bonds is 3. The zero-order valence-corrected chi connectivity index (χ0v) is 13.6. The number of hydrogen-bond acceptors (Lipinski definition) is 3. The third kappa shape index (κ3) is 2.50. The van der Waals surface area contributed by atoms with Gasteiger partial charge in [0, 0.05) is 14.2 Å². The third-order valence-electron chi connectivity index (χ3n) is 3.26. The molecule has 0 radical (unpaired) electrons. The summed E-state index contributed by atoms with van der Waals surface area (Å²) < 4.78 is 2.19. The van der Waals surface area contributed by atoms with Crippen LogP contribution >= 0.6 is 38.9 Å². The second-order valence-electron chi connectivity index (χ2n) is 4.45. The van der Waals surface area contributed by atoms with Crippen LogP contribution in [0.5, 0.6) is 0 Å². The van der Waals surface area contributed by atoms with Crippen molar-refractivity contribution in [3.63, 3.8) is 0 Å². The van der Waals surface area contributed by atoms with E-state index >= 15 is 0 Å². The maximum atomic E-state index is 6.36. The van der Waals surface area contributed by atoms with Gasteiger partial charge < -0.3 is 0 Å². The quantitative estimate of drug-likeness (QED) is 0.512. The van der Waals surface area contributed by atoms with Crippen LogP contribution in [-0.2, 0) is 0 Å². The Bertz CT molecular complexity index is 756. The van der Waals surface area contributed by atoms with Crippen LogP contribution in [0, 0.1) is 0 Å². The van der Waals surface area contributed by atoms with Crippen LogP contribution in [0.3, 0.4) is 0 Å². The van der Waals surface area contributed by atoms with Gasteiger partial charge in [-0.05, 0) is 40.1 Å². The molecule has 1 unspecified atom stereocenters. The highest BCUT2D eigenvalue weighted by atomic mass is 79.9. The number of benzene rings is 2. The Morgan fingerprint density at radius 2 is 2.00 bits per heavy atom. The molecule has 1 aromatic heterocycles. The number of hydrazine groups is 1. The molecule has 2 nitrogen and oxygen atoms in total. The molecule has 1 atom stereocenters. The van der Waals surface area contributed by atoms with E-state index in [9.17, 15) is 0 Å². The molecule has 3 N–H and O–H groups in total. The van der Waals surface area contributed by atoms with Crippen LogP contribution in [0.15, 0.2) is 52.3 Å². The van der Waals surface area contributed by atoms with Crippen molar-refractivity contribution in [2.75, 3.05) is 0 Å². The molecule has 0 bridgehead atoms. The van der Waals surface area contributed by atoms with Gasteiger partial charge in [0.1, 0.15) is 0 Å². The maximum absolute atomic E-state index is 6.36. The van der Waals surface area contributed by atoms with E-state index in [2.05, 4.69) is 44.9 Å². The molecule has 3 aromatic rings. The zero-order chi connectivity index (χ0) is 14.1. The van der Waals surface area contributed by atoms with Gasteiger partial charge >= 0.3 is 0 Å². The largest absolute Gasteiger partial charge is 0.271 e. The molecule has 0 aliphatic carbocycles. The zero-order valence-electron chi connectivity index (χ0n) is 10.4. The molecule has 0 fully saturated rings. The minimum Gasteiger partial charge on any atom is -0.271 e. The number of nitrogens with one attached hydrogen (secondary N) is 1. The minimum atomic E-state index is -0.127. The molecular formula is C15H12BrClN2S. The number of hydrogen-bond donors (Lipinski definition) is 2. The van der Waals surface area contributed by atoms with E-state index in [0.717, 1.165) is 15.6 Å². The number of halogens is 2. The highest BCUT2D eigenvalue weighted by molar-refractivity contribution is 9.10. The van der Waals surface area contributed by atoms with E-state index in [0.29, 0.717) is 5.02 Å². The average Bonchev–Trinajstić information content (AvgIpc) is 2.91. The molecule has 5 heteroatoms. The van der Waals surface area contributed by atoms with Crippen molar-refractivity contribution in [1.82, 2.24) is 5.43 Å². The molecule has 0 aliphatic rings. The van der Waals surface area contributed by atoms with Gasteiger partial charge in [0.2, 0.25) is 0 Å². The molecule has 3 rings (SSSR count). The third-order valence-corrected chi connectivity index (χ3v) is 5.06. The van der Waals surface area contributed by atoms with E-state index in [1.54, 1.807) is 11.3 Å². The first kappa shape index (κ1) is 14.0. The van der Waals surface area contributed by atoms with Crippen molar-refractivity contribution < 1.29 is 0 Å². The summed E-state index contributed by atoms with van der Waals surface area (Å²) in [7, 11) is 0. The first-order chi connectivity index (χ1) is 9.70. The van der Waals surface area contributed by atoms with Crippen molar-refractivity contribution >= 4 is 49.0 Å². The van der Waals surface area contributed by atoms with Crippen LogP contribution in [0.25, 0.3) is 10.1 Å². The van der Waals surface area contributed by atoms with E-state index in [-0.39, 0.29) is 6.04 Å². The fourth-order valence-corrected chi connectivity index (χ4v) is 4.05. The van der Waals surface area contributed by atoms with Crippen molar-refractivity contribution in [2.24, 2.45) is 5.84 Å². The molecule has 0 aliphatic heterocycles. The van der Waals surface area contributed by atoms with E-state index < -0.39 is 0 Å². The second kappa shape index (κ2) is 5.84. The monoisotopic (exact) mass is 366 g/mol. The number of fused-ring (bicyclic) bond motifs is 1. The molecule has 0 saturated carbocycles. The van der Waals surface area contributed by atoms with Crippen molar-refractivity contribution in [1.29, 1.82) is 0 Å². The Kier molecular flexibility index (Phi) is 4.10. The van der Waals surface area contributed by atoms with Crippen LogP contribution in [0.2, 0.25) is 5.02 Å². The van der Waals surface area contributed by atoms with Crippen molar-refractivity contribution in [2.45, 2.75) is 6.04 Å². The standard InChI is InChI=1S/C15H12BrClN2S/c16-10-4-5-11(13(17)8-10)14(19-18)12-3-1-2-9-6-7-20-15(9)12/h1-8,14,19H,18H2. The van der Waals surface area contributed by atoms with Crippen molar-refractivity contribution in [3.05, 3.63) is 68.5 Å². The molecule has 0 saturated heterocycles. The summed E-state index contributed by atoms with van der Waals surface area (Å²) >= 11 is 11.5. The lowest BCUT2D eigenvalue weighted by molar-refractivity contribution is 0.641. The number of thiophene rings is 1. The van der Waals surface area contributed by atoms with Gasteiger partial charge in [0.05, 0.1) is 6.04 Å². The smallest absolute Gasteiger partial charge is 0.0738 e. The second-order valence-corrected chi connectivity index (χ2v) is 6.69. The average molecular weight is 368 g/mol. The van der Waals surface area contributed by atoms with E-state index in [1.807, 2.05) is 24.3 Å². The molecule has 1 heterocycles. The van der Waals surface area contributed by atoms with Gasteiger partial charge in [0.15, 0.2) is 0 Å². The lowest BCUT2D eigenvalue weighted by atomic mass is 9.98. The van der Waals surface area contributed by atoms with Gasteiger partial charge in [-0.2, -0.15) is 0 Å². The summed E-state index contributed by atoms with van der Waals surface area (Å²) in [6.07, 6.45) is 0. The summed E-state index contributed by atoms with van der Waals surface area (Å²) in [5.74, 6) is 5.79. The fraction of sp³-hybridized carbons (Fsp3) is 0.0667. The summed E-state index contributed by atoms with van der Waals surface area (Å²) in [4.78, 5) is 0. The van der Waals surface area contributed by atoms with Gasteiger partial charge in [-0.3, -0.25) is 5.84 Å². The lowest BCUT2D eigenvalue weighted by Gasteiger charge is -2.19. The SMILES string of the molecule is NNC(c1ccc(Br)cc1Cl)c1cccc2ccsc12. The van der Waals surface area contributed by atoms with Gasteiger partial charge in [-0.15, -0.1) is 11.3 Å². The lowest BCUT2D eigenvalue weighted by Crippen LogP contribution is -2.29. The van der Waals surface area contributed by atoms with E-state index in [1.165, 1.54) is 10.1 Å². The predicted octanol–water partition coefficient (Wildman–Crippen LogP) is 4.87. The summed E-state index contributed by atoms with van der Waals surface area (Å²) in [6.45, 7) is 0. The Morgan fingerprint density at radius 3 is 2.75 bits per heavy atom. The van der Waals surface area contributed by atoms with Gasteiger partial charge in [-0.25, -0.2) is 5.43 Å².